The average Bonchev–Trinajstić information content (AvgIpc) is 3.07. The van der Waals surface area contributed by atoms with Crippen LogP contribution < -0.4 is 5.32 Å². The number of ether oxygens (including phenoxy) is 1. The molecule has 1 aromatic heterocycles. The summed E-state index contributed by atoms with van der Waals surface area (Å²) in [4.78, 5) is 4.64. The Balaban J connectivity index is 1.70. The van der Waals surface area contributed by atoms with Crippen molar-refractivity contribution in [3.8, 4) is 0 Å². The second-order valence-electron chi connectivity index (χ2n) is 5.91. The number of likely N-dealkylation sites (N-methyl/N-ethyl adjacent to an activating group) is 1. The van der Waals surface area contributed by atoms with Crippen LogP contribution in [0.25, 0.3) is 0 Å². The summed E-state index contributed by atoms with van der Waals surface area (Å²) in [5.41, 5.74) is 0. The van der Waals surface area contributed by atoms with Crippen molar-refractivity contribution in [3.05, 3.63) is 11.7 Å². The molecule has 5 nitrogen and oxygen atoms in total. The van der Waals surface area contributed by atoms with Crippen LogP contribution >= 0.6 is 0 Å². The van der Waals surface area contributed by atoms with E-state index in [1.165, 1.54) is 19.3 Å². The molecule has 4 atom stereocenters. The summed E-state index contributed by atoms with van der Waals surface area (Å²) >= 11 is 0. The van der Waals surface area contributed by atoms with Crippen molar-refractivity contribution in [2.75, 3.05) is 19.8 Å². The first-order chi connectivity index (χ1) is 9.28. The van der Waals surface area contributed by atoms with Crippen molar-refractivity contribution in [1.29, 1.82) is 0 Å². The van der Waals surface area contributed by atoms with E-state index in [1.807, 2.05) is 0 Å². The summed E-state index contributed by atoms with van der Waals surface area (Å²) in [5, 5.41) is 7.63. The molecule has 1 N–H and O–H groups in total. The second kappa shape index (κ2) is 5.59. The van der Waals surface area contributed by atoms with Gasteiger partial charge >= 0.3 is 0 Å². The minimum Gasteiger partial charge on any atom is -0.379 e. The normalized spacial score (nSPS) is 35.1. The Morgan fingerprint density at radius 2 is 2.21 bits per heavy atom. The molecule has 0 bridgehead atoms. The molecule has 4 unspecified atom stereocenters. The molecule has 106 valence electrons. The van der Waals surface area contributed by atoms with Crippen LogP contribution in [0.2, 0.25) is 0 Å². The number of hydrogen-bond acceptors (Lipinski definition) is 5. The lowest BCUT2D eigenvalue weighted by Gasteiger charge is -2.14. The van der Waals surface area contributed by atoms with Gasteiger partial charge in [0.15, 0.2) is 5.82 Å². The molecule has 3 rings (SSSR count). The highest BCUT2D eigenvalue weighted by Gasteiger charge is 2.35. The Labute approximate surface area is 114 Å². The molecule has 2 fully saturated rings. The fourth-order valence-corrected chi connectivity index (χ4v) is 3.27. The zero-order valence-corrected chi connectivity index (χ0v) is 11.8. The molecule has 2 aliphatic rings. The van der Waals surface area contributed by atoms with E-state index < -0.39 is 0 Å². The van der Waals surface area contributed by atoms with Crippen molar-refractivity contribution >= 4 is 0 Å². The molecule has 0 radical (unpaired) electrons. The van der Waals surface area contributed by atoms with Crippen molar-refractivity contribution in [2.24, 2.45) is 5.92 Å². The van der Waals surface area contributed by atoms with Crippen molar-refractivity contribution in [2.45, 2.75) is 51.0 Å². The highest BCUT2D eigenvalue weighted by Crippen LogP contribution is 2.37. The smallest absolute Gasteiger partial charge is 0.233 e. The third kappa shape index (κ3) is 2.67. The molecule has 0 aromatic carbocycles. The second-order valence-corrected chi connectivity index (χ2v) is 5.91. The first kappa shape index (κ1) is 13.1. The van der Waals surface area contributed by atoms with Gasteiger partial charge in [-0.2, -0.15) is 4.98 Å². The van der Waals surface area contributed by atoms with Crippen LogP contribution in [-0.2, 0) is 4.74 Å². The van der Waals surface area contributed by atoms with Crippen LogP contribution in [0.4, 0.5) is 0 Å². The summed E-state index contributed by atoms with van der Waals surface area (Å²) < 4.78 is 11.0. The summed E-state index contributed by atoms with van der Waals surface area (Å²) in [6.45, 7) is 6.75. The van der Waals surface area contributed by atoms with Crippen molar-refractivity contribution in [1.82, 2.24) is 15.5 Å². The van der Waals surface area contributed by atoms with Crippen LogP contribution in [0.5, 0.6) is 0 Å². The molecule has 19 heavy (non-hydrogen) atoms. The van der Waals surface area contributed by atoms with Gasteiger partial charge in [0.25, 0.3) is 0 Å². The average molecular weight is 265 g/mol. The van der Waals surface area contributed by atoms with E-state index in [-0.39, 0.29) is 5.92 Å². The first-order valence-electron chi connectivity index (χ1n) is 7.42. The van der Waals surface area contributed by atoms with Crippen LogP contribution in [0, 0.1) is 5.92 Å². The maximum Gasteiger partial charge on any atom is 0.233 e. The van der Waals surface area contributed by atoms with E-state index in [1.54, 1.807) is 0 Å². The Bertz CT molecular complexity index is 421. The minimum absolute atomic E-state index is 0.208. The van der Waals surface area contributed by atoms with Gasteiger partial charge in [0.05, 0.1) is 19.1 Å². The maximum atomic E-state index is 5.54. The van der Waals surface area contributed by atoms with Crippen LogP contribution in [0.1, 0.15) is 56.7 Å². The topological polar surface area (TPSA) is 60.2 Å². The molecule has 0 amide bonds. The molecule has 1 aliphatic carbocycles. The molecule has 5 heteroatoms. The standard InChI is InChI=1S/C14H23N3O2/c1-3-15-12-8-18-7-11(12)14-16-13(17-19-14)10-5-4-9(2)6-10/h9-12,15H,3-8H2,1-2H3. The zero-order valence-electron chi connectivity index (χ0n) is 11.8. The molecule has 2 heterocycles. The van der Waals surface area contributed by atoms with Crippen molar-refractivity contribution in [3.63, 3.8) is 0 Å². The third-order valence-corrected chi connectivity index (χ3v) is 4.38. The van der Waals surface area contributed by atoms with Crippen LogP contribution in [0.3, 0.4) is 0 Å². The van der Waals surface area contributed by atoms with E-state index >= 15 is 0 Å². The monoisotopic (exact) mass is 265 g/mol. The number of nitrogens with zero attached hydrogens (tertiary/aromatic N) is 2. The first-order valence-corrected chi connectivity index (χ1v) is 7.42. The van der Waals surface area contributed by atoms with Gasteiger partial charge in [-0.05, 0) is 31.7 Å². The number of aromatic nitrogens is 2. The molecule has 1 saturated heterocycles. The Kier molecular flexibility index (Phi) is 3.84. The fourth-order valence-electron chi connectivity index (χ4n) is 3.27. The summed E-state index contributed by atoms with van der Waals surface area (Å²) in [5.74, 6) is 3.14. The van der Waals surface area contributed by atoms with Gasteiger partial charge in [-0.25, -0.2) is 0 Å². The molecule has 1 aliphatic heterocycles. The van der Waals surface area contributed by atoms with E-state index in [2.05, 4.69) is 29.3 Å². The minimum atomic E-state index is 0.208. The lowest BCUT2D eigenvalue weighted by molar-refractivity contribution is 0.185. The molecule has 1 saturated carbocycles. The predicted octanol–water partition coefficient (Wildman–Crippen LogP) is 2.07. The van der Waals surface area contributed by atoms with Gasteiger partial charge < -0.3 is 14.6 Å². The third-order valence-electron chi connectivity index (χ3n) is 4.38. The zero-order chi connectivity index (χ0) is 13.2. The number of nitrogens with one attached hydrogen (secondary N) is 1. The van der Waals surface area contributed by atoms with Gasteiger partial charge in [0, 0.05) is 12.0 Å². The lowest BCUT2D eigenvalue weighted by Crippen LogP contribution is -2.34. The SMILES string of the molecule is CCNC1COCC1c1nc(C2CCC(C)C2)no1. The Hall–Kier alpha value is -0.940. The van der Waals surface area contributed by atoms with E-state index in [9.17, 15) is 0 Å². The fraction of sp³-hybridized carbons (Fsp3) is 0.857. The number of hydrogen-bond donors (Lipinski definition) is 1. The highest BCUT2D eigenvalue weighted by atomic mass is 16.5. The summed E-state index contributed by atoms with van der Waals surface area (Å²) in [6.07, 6.45) is 3.66. The van der Waals surface area contributed by atoms with Crippen LogP contribution in [0.15, 0.2) is 4.52 Å². The van der Waals surface area contributed by atoms with E-state index in [0.29, 0.717) is 18.6 Å². The Morgan fingerprint density at radius 3 is 2.95 bits per heavy atom. The predicted molar refractivity (Wildman–Crippen MR) is 71.1 cm³/mol. The van der Waals surface area contributed by atoms with Crippen molar-refractivity contribution < 1.29 is 9.26 Å². The maximum absolute atomic E-state index is 5.54. The van der Waals surface area contributed by atoms with Gasteiger partial charge in [-0.1, -0.05) is 19.0 Å². The molecular formula is C14H23N3O2. The van der Waals surface area contributed by atoms with E-state index in [0.717, 1.165) is 30.8 Å². The van der Waals surface area contributed by atoms with Gasteiger partial charge in [0.2, 0.25) is 5.89 Å². The molecule has 0 spiro atoms. The van der Waals surface area contributed by atoms with Crippen LogP contribution in [-0.4, -0.2) is 35.9 Å². The Morgan fingerprint density at radius 1 is 1.32 bits per heavy atom. The quantitative estimate of drug-likeness (QED) is 0.903. The van der Waals surface area contributed by atoms with E-state index in [4.69, 9.17) is 9.26 Å². The number of rotatable bonds is 4. The highest BCUT2D eigenvalue weighted by molar-refractivity contribution is 5.06. The summed E-state index contributed by atoms with van der Waals surface area (Å²) in [6, 6.07) is 0.306. The van der Waals surface area contributed by atoms with Gasteiger partial charge in [-0.15, -0.1) is 0 Å². The molecular weight excluding hydrogens is 242 g/mol. The summed E-state index contributed by atoms with van der Waals surface area (Å²) in [7, 11) is 0. The van der Waals surface area contributed by atoms with Gasteiger partial charge in [0.1, 0.15) is 0 Å². The molecule has 1 aromatic rings. The largest absolute Gasteiger partial charge is 0.379 e. The van der Waals surface area contributed by atoms with Gasteiger partial charge in [-0.3, -0.25) is 0 Å². The lowest BCUT2D eigenvalue weighted by atomic mass is 10.0.